The van der Waals surface area contributed by atoms with Crippen molar-refractivity contribution < 1.29 is 8.42 Å². The molecule has 5 aliphatic rings. The molecule has 7 heteroatoms. The number of nitrogens with zero attached hydrogens (tertiary/aromatic N) is 4. The van der Waals surface area contributed by atoms with Crippen molar-refractivity contribution in [2.24, 2.45) is 23.7 Å². The smallest absolute Gasteiger partial charge is 0.246 e. The Morgan fingerprint density at radius 2 is 1.59 bits per heavy atom. The fourth-order valence-electron chi connectivity index (χ4n) is 6.88. The van der Waals surface area contributed by atoms with E-state index in [0.717, 1.165) is 42.5 Å². The van der Waals surface area contributed by atoms with E-state index in [9.17, 15) is 8.42 Å². The van der Waals surface area contributed by atoms with Gasteiger partial charge in [0.1, 0.15) is 4.90 Å². The fourth-order valence-corrected chi connectivity index (χ4v) is 8.46. The lowest BCUT2D eigenvalue weighted by molar-refractivity contribution is -0.0720. The zero-order chi connectivity index (χ0) is 18.8. The third kappa shape index (κ3) is 2.88. The highest BCUT2D eigenvalue weighted by molar-refractivity contribution is 7.89. The van der Waals surface area contributed by atoms with E-state index in [4.69, 9.17) is 0 Å². The Bertz CT molecular complexity index is 782. The summed E-state index contributed by atoms with van der Waals surface area (Å²) < 4.78 is 29.7. The van der Waals surface area contributed by atoms with Gasteiger partial charge < -0.3 is 0 Å². The molecule has 1 aliphatic heterocycles. The highest BCUT2D eigenvalue weighted by Crippen LogP contribution is 2.55. The molecule has 6 nitrogen and oxygen atoms in total. The molecular weight excluding hydrogens is 360 g/mol. The van der Waals surface area contributed by atoms with Crippen molar-refractivity contribution >= 4 is 10.0 Å². The molecule has 0 aromatic carbocycles. The van der Waals surface area contributed by atoms with Crippen LogP contribution in [0.15, 0.2) is 11.1 Å². The SMILES string of the molecule is CCn1ncc(S(=O)(=O)N2CCN(C3C4CC5CC(C4)CC3C5)CC2)c1C. The van der Waals surface area contributed by atoms with Gasteiger partial charge in [-0.05, 0) is 69.6 Å². The number of hydrogen-bond acceptors (Lipinski definition) is 4. The molecule has 1 saturated heterocycles. The first-order valence-corrected chi connectivity index (χ1v) is 12.2. The first-order valence-electron chi connectivity index (χ1n) is 10.7. The van der Waals surface area contributed by atoms with Crippen LogP contribution in [0, 0.1) is 30.6 Å². The van der Waals surface area contributed by atoms with Crippen LogP contribution in [-0.4, -0.2) is 59.6 Å². The van der Waals surface area contributed by atoms with E-state index >= 15 is 0 Å². The Morgan fingerprint density at radius 1 is 1.00 bits per heavy atom. The number of sulfonamides is 1. The maximum Gasteiger partial charge on any atom is 0.246 e. The van der Waals surface area contributed by atoms with Gasteiger partial charge in [0.25, 0.3) is 0 Å². The minimum absolute atomic E-state index is 0.382. The average molecular weight is 393 g/mol. The molecule has 0 atom stereocenters. The second kappa shape index (κ2) is 6.56. The summed E-state index contributed by atoms with van der Waals surface area (Å²) in [6.07, 6.45) is 8.70. The Labute approximate surface area is 162 Å². The van der Waals surface area contributed by atoms with Gasteiger partial charge in [0.2, 0.25) is 10.0 Å². The van der Waals surface area contributed by atoms with E-state index in [2.05, 4.69) is 10.00 Å². The number of rotatable bonds is 4. The summed E-state index contributed by atoms with van der Waals surface area (Å²) in [5.41, 5.74) is 0.751. The van der Waals surface area contributed by atoms with Gasteiger partial charge in [0, 0.05) is 38.8 Å². The molecule has 0 radical (unpaired) electrons. The van der Waals surface area contributed by atoms with Gasteiger partial charge in [-0.3, -0.25) is 9.58 Å². The molecule has 27 heavy (non-hydrogen) atoms. The van der Waals surface area contributed by atoms with Crippen molar-refractivity contribution in [2.45, 2.75) is 63.4 Å². The number of aryl methyl sites for hydroxylation is 1. The lowest BCUT2D eigenvalue weighted by Gasteiger charge is -2.58. The average Bonchev–Trinajstić information content (AvgIpc) is 3.02. The second-order valence-electron chi connectivity index (χ2n) is 9.27. The molecule has 6 rings (SSSR count). The van der Waals surface area contributed by atoms with Crippen molar-refractivity contribution in [1.82, 2.24) is 19.0 Å². The summed E-state index contributed by atoms with van der Waals surface area (Å²) in [6.45, 7) is 7.53. The number of piperazine rings is 1. The maximum absolute atomic E-state index is 13.1. The van der Waals surface area contributed by atoms with Gasteiger partial charge in [-0.25, -0.2) is 8.42 Å². The van der Waals surface area contributed by atoms with Gasteiger partial charge in [-0.1, -0.05) is 0 Å². The number of aromatic nitrogens is 2. The quantitative estimate of drug-likeness (QED) is 0.789. The lowest BCUT2D eigenvalue weighted by Crippen LogP contribution is -2.60. The third-order valence-electron chi connectivity index (χ3n) is 7.85. The first kappa shape index (κ1) is 18.1. The maximum atomic E-state index is 13.1. The third-order valence-corrected chi connectivity index (χ3v) is 9.85. The predicted octanol–water partition coefficient (Wildman–Crippen LogP) is 2.34. The van der Waals surface area contributed by atoms with Gasteiger partial charge in [0.15, 0.2) is 0 Å². The van der Waals surface area contributed by atoms with Crippen molar-refractivity contribution in [2.75, 3.05) is 26.2 Å². The van der Waals surface area contributed by atoms with E-state index in [-0.39, 0.29) is 0 Å². The Kier molecular flexibility index (Phi) is 4.41. The molecular formula is C20H32N4O2S. The molecule has 2 heterocycles. The largest absolute Gasteiger partial charge is 0.297 e. The van der Waals surface area contributed by atoms with Crippen LogP contribution >= 0.6 is 0 Å². The molecule has 5 fully saturated rings. The van der Waals surface area contributed by atoms with Gasteiger partial charge in [-0.15, -0.1) is 0 Å². The van der Waals surface area contributed by atoms with Crippen LogP contribution in [0.25, 0.3) is 0 Å². The van der Waals surface area contributed by atoms with E-state index in [1.807, 2.05) is 13.8 Å². The molecule has 0 N–H and O–H groups in total. The summed E-state index contributed by atoms with van der Waals surface area (Å²) in [5, 5.41) is 4.23. The topological polar surface area (TPSA) is 58.4 Å². The Hall–Kier alpha value is -0.920. The molecule has 0 unspecified atom stereocenters. The summed E-state index contributed by atoms with van der Waals surface area (Å²) in [5.74, 6) is 3.72. The summed E-state index contributed by atoms with van der Waals surface area (Å²) in [7, 11) is -3.43. The van der Waals surface area contributed by atoms with Crippen LogP contribution in [0.3, 0.4) is 0 Å². The highest BCUT2D eigenvalue weighted by Gasteiger charge is 2.50. The van der Waals surface area contributed by atoms with Crippen LogP contribution in [0.4, 0.5) is 0 Å². The van der Waals surface area contributed by atoms with Crippen molar-refractivity contribution in [3.05, 3.63) is 11.9 Å². The van der Waals surface area contributed by atoms with Gasteiger partial charge in [0.05, 0.1) is 11.9 Å². The van der Waals surface area contributed by atoms with E-state index in [0.29, 0.717) is 30.6 Å². The molecule has 150 valence electrons. The van der Waals surface area contributed by atoms with E-state index in [1.54, 1.807) is 8.99 Å². The molecule has 4 aliphatic carbocycles. The minimum Gasteiger partial charge on any atom is -0.297 e. The van der Waals surface area contributed by atoms with Crippen molar-refractivity contribution in [1.29, 1.82) is 0 Å². The van der Waals surface area contributed by atoms with Crippen LogP contribution in [0.5, 0.6) is 0 Å². The zero-order valence-electron chi connectivity index (χ0n) is 16.5. The van der Waals surface area contributed by atoms with Crippen LogP contribution in [0.2, 0.25) is 0 Å². The molecule has 1 aromatic heterocycles. The van der Waals surface area contributed by atoms with E-state index < -0.39 is 10.0 Å². The Balaban J connectivity index is 1.28. The standard InChI is InChI=1S/C20H32N4O2S/c1-3-24-14(2)19(13-21-24)27(25,26)23-6-4-22(5-7-23)20-17-9-15-8-16(11-17)12-18(20)10-15/h13,15-18,20H,3-12H2,1-2H3. The first-order chi connectivity index (χ1) is 13.0. The summed E-state index contributed by atoms with van der Waals surface area (Å²) in [6, 6.07) is 0.715. The fraction of sp³-hybridized carbons (Fsp3) is 0.850. The zero-order valence-corrected chi connectivity index (χ0v) is 17.4. The van der Waals surface area contributed by atoms with E-state index in [1.165, 1.54) is 38.3 Å². The monoisotopic (exact) mass is 392 g/mol. The van der Waals surface area contributed by atoms with Crippen LogP contribution < -0.4 is 0 Å². The van der Waals surface area contributed by atoms with Gasteiger partial charge in [-0.2, -0.15) is 9.40 Å². The summed E-state index contributed by atoms with van der Waals surface area (Å²) in [4.78, 5) is 3.02. The molecule has 0 spiro atoms. The second-order valence-corrected chi connectivity index (χ2v) is 11.2. The van der Waals surface area contributed by atoms with Crippen LogP contribution in [0.1, 0.15) is 44.7 Å². The molecule has 0 amide bonds. The normalized spacial score (nSPS) is 37.2. The van der Waals surface area contributed by atoms with Crippen molar-refractivity contribution in [3.8, 4) is 0 Å². The Morgan fingerprint density at radius 3 is 2.11 bits per heavy atom. The number of hydrogen-bond donors (Lipinski definition) is 0. The molecule has 1 aromatic rings. The predicted molar refractivity (Wildman–Crippen MR) is 104 cm³/mol. The molecule has 4 bridgehead atoms. The summed E-state index contributed by atoms with van der Waals surface area (Å²) >= 11 is 0. The highest BCUT2D eigenvalue weighted by atomic mass is 32.2. The lowest BCUT2D eigenvalue weighted by atomic mass is 9.54. The minimum atomic E-state index is -3.43. The van der Waals surface area contributed by atoms with Crippen LogP contribution in [-0.2, 0) is 16.6 Å². The van der Waals surface area contributed by atoms with Gasteiger partial charge >= 0.3 is 0 Å². The molecule has 4 saturated carbocycles. The van der Waals surface area contributed by atoms with Crippen molar-refractivity contribution in [3.63, 3.8) is 0 Å².